The molecule has 0 radical (unpaired) electrons. The van der Waals surface area contributed by atoms with Crippen molar-refractivity contribution in [2.75, 3.05) is 45.9 Å². The average Bonchev–Trinajstić information content (AvgIpc) is 2.39. The van der Waals surface area contributed by atoms with Gasteiger partial charge in [0.1, 0.15) is 0 Å². The van der Waals surface area contributed by atoms with Crippen LogP contribution in [0.1, 0.15) is 6.42 Å². The number of anilines is 2. The Kier molecular flexibility index (Phi) is 5.29. The van der Waals surface area contributed by atoms with E-state index in [9.17, 15) is 4.79 Å². The predicted octanol–water partition coefficient (Wildman–Crippen LogP) is 1.18. The van der Waals surface area contributed by atoms with Gasteiger partial charge in [0.2, 0.25) is 5.91 Å². The molecule has 0 unspecified atom stereocenters. The Balaban J connectivity index is 2.71. The Morgan fingerprint density at radius 2 is 1.84 bits per heavy atom. The maximum Gasteiger partial charge on any atom is 0.223 e. The minimum absolute atomic E-state index is 0.0616. The van der Waals surface area contributed by atoms with Gasteiger partial charge in [0, 0.05) is 39.2 Å². The van der Waals surface area contributed by atoms with Crippen LogP contribution < -0.4 is 20.5 Å². The third kappa shape index (κ3) is 3.94. The number of amides is 1. The molecule has 3 N–H and O–H groups in total. The van der Waals surface area contributed by atoms with Crippen molar-refractivity contribution in [3.63, 3.8) is 0 Å². The number of benzene rings is 1. The van der Waals surface area contributed by atoms with Crippen molar-refractivity contribution in [3.8, 4) is 11.5 Å². The van der Waals surface area contributed by atoms with Gasteiger partial charge in [-0.3, -0.25) is 4.79 Å². The minimum Gasteiger partial charge on any atom is -0.493 e. The monoisotopic (exact) mass is 267 g/mol. The molecular weight excluding hydrogens is 246 g/mol. The number of carbonyl (C=O) groups excluding carboxylic acids is 1. The van der Waals surface area contributed by atoms with Crippen LogP contribution in [-0.2, 0) is 4.79 Å². The summed E-state index contributed by atoms with van der Waals surface area (Å²) >= 11 is 0. The first kappa shape index (κ1) is 14.9. The zero-order valence-corrected chi connectivity index (χ0v) is 11.8. The van der Waals surface area contributed by atoms with Crippen LogP contribution in [0.4, 0.5) is 11.4 Å². The highest BCUT2D eigenvalue weighted by Gasteiger charge is 2.09. The first-order valence-corrected chi connectivity index (χ1v) is 5.95. The van der Waals surface area contributed by atoms with E-state index in [-0.39, 0.29) is 5.91 Å². The molecule has 106 valence electrons. The number of hydrogen-bond donors (Lipinski definition) is 2. The second kappa shape index (κ2) is 6.72. The Hall–Kier alpha value is -2.11. The number of nitrogens with one attached hydrogen (secondary N) is 1. The largest absolute Gasteiger partial charge is 0.493 e. The number of ether oxygens (including phenoxy) is 2. The number of nitrogen functional groups attached to an aromatic ring is 1. The van der Waals surface area contributed by atoms with Crippen molar-refractivity contribution in [3.05, 3.63) is 12.1 Å². The molecule has 0 atom stereocenters. The summed E-state index contributed by atoms with van der Waals surface area (Å²) in [5, 5.41) is 3.12. The molecule has 0 bridgehead atoms. The smallest absolute Gasteiger partial charge is 0.223 e. The lowest BCUT2D eigenvalue weighted by Crippen LogP contribution is -2.24. The molecule has 0 aliphatic heterocycles. The van der Waals surface area contributed by atoms with Crippen molar-refractivity contribution in [1.29, 1.82) is 0 Å². The van der Waals surface area contributed by atoms with Crippen LogP contribution in [0.25, 0.3) is 0 Å². The number of rotatable bonds is 6. The number of carbonyl (C=O) groups is 1. The minimum atomic E-state index is 0.0616. The summed E-state index contributed by atoms with van der Waals surface area (Å²) < 4.78 is 10.4. The Morgan fingerprint density at radius 1 is 1.26 bits per heavy atom. The van der Waals surface area contributed by atoms with Crippen LogP contribution in [0.5, 0.6) is 11.5 Å². The second-order valence-corrected chi connectivity index (χ2v) is 4.26. The van der Waals surface area contributed by atoms with Gasteiger partial charge in [-0.15, -0.1) is 0 Å². The summed E-state index contributed by atoms with van der Waals surface area (Å²) in [4.78, 5) is 13.0. The summed E-state index contributed by atoms with van der Waals surface area (Å²) in [7, 11) is 6.58. The van der Waals surface area contributed by atoms with E-state index in [0.29, 0.717) is 30.2 Å². The Bertz CT molecular complexity index is 447. The van der Waals surface area contributed by atoms with Crippen molar-refractivity contribution < 1.29 is 14.3 Å². The summed E-state index contributed by atoms with van der Waals surface area (Å²) in [6.07, 6.45) is 0.404. The fourth-order valence-electron chi connectivity index (χ4n) is 1.58. The lowest BCUT2D eigenvalue weighted by Gasteiger charge is -2.15. The molecule has 0 aliphatic carbocycles. The highest BCUT2D eigenvalue weighted by Crippen LogP contribution is 2.34. The molecule has 0 saturated heterocycles. The summed E-state index contributed by atoms with van der Waals surface area (Å²) in [6.45, 7) is 0.511. The maximum atomic E-state index is 11.5. The lowest BCUT2D eigenvalue weighted by molar-refractivity contribution is -0.128. The van der Waals surface area contributed by atoms with Crippen LogP contribution >= 0.6 is 0 Å². The van der Waals surface area contributed by atoms with Crippen molar-refractivity contribution in [2.45, 2.75) is 6.42 Å². The van der Waals surface area contributed by atoms with Gasteiger partial charge in [0.25, 0.3) is 0 Å². The van der Waals surface area contributed by atoms with Crippen molar-refractivity contribution in [1.82, 2.24) is 4.90 Å². The number of methoxy groups -OCH3 is 2. The van der Waals surface area contributed by atoms with E-state index in [1.807, 2.05) is 0 Å². The zero-order valence-electron chi connectivity index (χ0n) is 11.8. The molecule has 0 fully saturated rings. The Morgan fingerprint density at radius 3 is 2.37 bits per heavy atom. The van der Waals surface area contributed by atoms with Crippen LogP contribution in [0.2, 0.25) is 0 Å². The molecule has 0 aromatic heterocycles. The van der Waals surface area contributed by atoms with E-state index < -0.39 is 0 Å². The Labute approximate surface area is 113 Å². The molecular formula is C13H21N3O3. The molecule has 1 aromatic rings. The van der Waals surface area contributed by atoms with Crippen LogP contribution in [0.3, 0.4) is 0 Å². The van der Waals surface area contributed by atoms with E-state index in [2.05, 4.69) is 5.32 Å². The van der Waals surface area contributed by atoms with E-state index in [0.717, 1.165) is 5.69 Å². The van der Waals surface area contributed by atoms with Gasteiger partial charge in [-0.25, -0.2) is 0 Å². The summed E-state index contributed by atoms with van der Waals surface area (Å²) in [5.74, 6) is 1.24. The molecule has 0 aliphatic rings. The number of nitrogens with zero attached hydrogens (tertiary/aromatic N) is 1. The van der Waals surface area contributed by atoms with E-state index in [1.54, 1.807) is 45.3 Å². The van der Waals surface area contributed by atoms with Gasteiger partial charge in [-0.1, -0.05) is 0 Å². The van der Waals surface area contributed by atoms with Gasteiger partial charge < -0.3 is 25.4 Å². The molecule has 0 heterocycles. The lowest BCUT2D eigenvalue weighted by atomic mass is 10.2. The third-order valence-electron chi connectivity index (χ3n) is 2.71. The molecule has 1 aromatic carbocycles. The van der Waals surface area contributed by atoms with Gasteiger partial charge in [-0.05, 0) is 0 Å². The zero-order chi connectivity index (χ0) is 14.4. The first-order valence-electron chi connectivity index (χ1n) is 5.95. The van der Waals surface area contributed by atoms with Gasteiger partial charge in [0.05, 0.1) is 25.6 Å². The topological polar surface area (TPSA) is 76.8 Å². The average molecular weight is 267 g/mol. The standard InChI is InChI=1S/C13H21N3O3/c1-16(2)13(17)5-6-15-10-8-12(19-4)11(18-3)7-9(10)14/h7-8,15H,5-6,14H2,1-4H3. The van der Waals surface area contributed by atoms with Gasteiger partial charge in [-0.2, -0.15) is 0 Å². The molecule has 19 heavy (non-hydrogen) atoms. The fraction of sp³-hybridized carbons (Fsp3) is 0.462. The van der Waals surface area contributed by atoms with Crippen LogP contribution in [-0.4, -0.2) is 45.7 Å². The SMILES string of the molecule is COc1cc(N)c(NCCC(=O)N(C)C)cc1OC. The number of nitrogens with two attached hydrogens (primary N) is 1. The summed E-state index contributed by atoms with van der Waals surface area (Å²) in [6, 6.07) is 3.45. The maximum absolute atomic E-state index is 11.5. The van der Waals surface area contributed by atoms with E-state index in [1.165, 1.54) is 0 Å². The van der Waals surface area contributed by atoms with Gasteiger partial charge in [0.15, 0.2) is 11.5 Å². The fourth-order valence-corrected chi connectivity index (χ4v) is 1.58. The third-order valence-corrected chi connectivity index (χ3v) is 2.71. The highest BCUT2D eigenvalue weighted by molar-refractivity contribution is 5.77. The van der Waals surface area contributed by atoms with E-state index >= 15 is 0 Å². The van der Waals surface area contributed by atoms with E-state index in [4.69, 9.17) is 15.2 Å². The van der Waals surface area contributed by atoms with Crippen molar-refractivity contribution >= 4 is 17.3 Å². The van der Waals surface area contributed by atoms with Gasteiger partial charge >= 0.3 is 0 Å². The second-order valence-electron chi connectivity index (χ2n) is 4.26. The molecule has 0 spiro atoms. The summed E-state index contributed by atoms with van der Waals surface area (Å²) in [5.41, 5.74) is 7.18. The quantitative estimate of drug-likeness (QED) is 0.757. The van der Waals surface area contributed by atoms with Crippen molar-refractivity contribution in [2.24, 2.45) is 0 Å². The highest BCUT2D eigenvalue weighted by atomic mass is 16.5. The van der Waals surface area contributed by atoms with Crippen LogP contribution in [0.15, 0.2) is 12.1 Å². The predicted molar refractivity (Wildman–Crippen MR) is 75.8 cm³/mol. The van der Waals surface area contributed by atoms with Crippen LogP contribution in [0, 0.1) is 0 Å². The number of hydrogen-bond acceptors (Lipinski definition) is 5. The molecule has 1 rings (SSSR count). The molecule has 6 heteroatoms. The molecule has 6 nitrogen and oxygen atoms in total. The normalized spacial score (nSPS) is 9.89. The first-order chi connectivity index (χ1) is 8.99. The molecule has 1 amide bonds. The molecule has 0 saturated carbocycles.